The molecule has 0 radical (unpaired) electrons. The summed E-state index contributed by atoms with van der Waals surface area (Å²) in [6.45, 7) is 2.98. The summed E-state index contributed by atoms with van der Waals surface area (Å²) in [6, 6.07) is 7.95. The van der Waals surface area contributed by atoms with E-state index < -0.39 is 6.10 Å². The molecule has 0 saturated carbocycles. The molecule has 3 N–H and O–H groups in total. The number of aryl methyl sites for hydroxylation is 1. The number of rotatable bonds is 6. The van der Waals surface area contributed by atoms with Gasteiger partial charge in [0.25, 0.3) is 0 Å². The standard InChI is InChI=1S/C12H19NO2/c1-2-15-12-7-4-10(5-8-12)3-6-11(14)9-13/h4-5,7-8,11,14H,2-3,6,9,13H2,1H3. The van der Waals surface area contributed by atoms with Crippen LogP contribution >= 0.6 is 0 Å². The molecule has 0 aromatic heterocycles. The average molecular weight is 209 g/mol. The van der Waals surface area contributed by atoms with Crippen molar-refractivity contribution in [2.24, 2.45) is 5.73 Å². The van der Waals surface area contributed by atoms with Crippen molar-refractivity contribution in [3.8, 4) is 5.75 Å². The first-order valence-electron chi connectivity index (χ1n) is 5.36. The van der Waals surface area contributed by atoms with Crippen molar-refractivity contribution in [1.82, 2.24) is 0 Å². The molecule has 0 heterocycles. The highest BCUT2D eigenvalue weighted by Crippen LogP contribution is 2.13. The molecule has 15 heavy (non-hydrogen) atoms. The monoisotopic (exact) mass is 209 g/mol. The number of hydrogen-bond donors (Lipinski definition) is 2. The van der Waals surface area contributed by atoms with Gasteiger partial charge in [-0.25, -0.2) is 0 Å². The summed E-state index contributed by atoms with van der Waals surface area (Å²) in [6.07, 6.45) is 1.17. The van der Waals surface area contributed by atoms with Crippen LogP contribution in [-0.2, 0) is 6.42 Å². The Morgan fingerprint density at radius 2 is 2.00 bits per heavy atom. The van der Waals surface area contributed by atoms with E-state index in [-0.39, 0.29) is 0 Å². The highest BCUT2D eigenvalue weighted by atomic mass is 16.5. The molecule has 3 nitrogen and oxygen atoms in total. The minimum atomic E-state index is -0.392. The van der Waals surface area contributed by atoms with Crippen LogP contribution in [0, 0.1) is 0 Å². The Morgan fingerprint density at radius 1 is 1.33 bits per heavy atom. The van der Waals surface area contributed by atoms with Crippen molar-refractivity contribution >= 4 is 0 Å². The van der Waals surface area contributed by atoms with Gasteiger partial charge < -0.3 is 15.6 Å². The minimum Gasteiger partial charge on any atom is -0.494 e. The lowest BCUT2D eigenvalue weighted by Gasteiger charge is -2.08. The highest BCUT2D eigenvalue weighted by Gasteiger charge is 2.01. The molecular weight excluding hydrogens is 190 g/mol. The normalized spacial score (nSPS) is 12.5. The first kappa shape index (κ1) is 12.0. The van der Waals surface area contributed by atoms with Crippen molar-refractivity contribution in [3.05, 3.63) is 29.8 Å². The largest absolute Gasteiger partial charge is 0.494 e. The van der Waals surface area contributed by atoms with Crippen LogP contribution in [-0.4, -0.2) is 24.4 Å². The van der Waals surface area contributed by atoms with E-state index in [1.54, 1.807) is 0 Å². The number of aliphatic hydroxyl groups is 1. The Labute approximate surface area is 90.9 Å². The summed E-state index contributed by atoms with van der Waals surface area (Å²) in [5.74, 6) is 0.889. The minimum absolute atomic E-state index is 0.330. The molecule has 0 spiro atoms. The topological polar surface area (TPSA) is 55.5 Å². The fourth-order valence-corrected chi connectivity index (χ4v) is 1.37. The summed E-state index contributed by atoms with van der Waals surface area (Å²) in [5, 5.41) is 9.31. The Hall–Kier alpha value is -1.06. The van der Waals surface area contributed by atoms with E-state index in [9.17, 15) is 5.11 Å². The zero-order chi connectivity index (χ0) is 11.1. The van der Waals surface area contributed by atoms with Crippen LogP contribution in [0.25, 0.3) is 0 Å². The molecule has 1 aromatic rings. The molecule has 3 heteroatoms. The van der Waals surface area contributed by atoms with Gasteiger partial charge in [0, 0.05) is 6.54 Å². The maximum absolute atomic E-state index is 9.31. The summed E-state index contributed by atoms with van der Waals surface area (Å²) in [7, 11) is 0. The Balaban J connectivity index is 2.42. The molecule has 0 aliphatic rings. The Morgan fingerprint density at radius 3 is 2.53 bits per heavy atom. The number of ether oxygens (including phenoxy) is 1. The van der Waals surface area contributed by atoms with E-state index in [0.717, 1.165) is 12.2 Å². The van der Waals surface area contributed by atoms with Gasteiger partial charge in [0.1, 0.15) is 5.75 Å². The molecule has 1 aromatic carbocycles. The molecule has 1 rings (SSSR count). The molecule has 0 fully saturated rings. The molecule has 0 bridgehead atoms. The maximum atomic E-state index is 9.31. The third-order valence-electron chi connectivity index (χ3n) is 2.27. The third-order valence-corrected chi connectivity index (χ3v) is 2.27. The van der Waals surface area contributed by atoms with E-state index in [1.165, 1.54) is 5.56 Å². The summed E-state index contributed by atoms with van der Waals surface area (Å²) >= 11 is 0. The van der Waals surface area contributed by atoms with E-state index in [2.05, 4.69) is 0 Å². The average Bonchev–Trinajstić information content (AvgIpc) is 2.28. The Kier molecular flexibility index (Phi) is 5.15. The van der Waals surface area contributed by atoms with Crippen LogP contribution in [0.5, 0.6) is 5.75 Å². The quantitative estimate of drug-likeness (QED) is 0.743. The number of hydrogen-bond acceptors (Lipinski definition) is 3. The smallest absolute Gasteiger partial charge is 0.119 e. The molecule has 0 aliphatic carbocycles. The van der Waals surface area contributed by atoms with Crippen LogP contribution in [0.15, 0.2) is 24.3 Å². The second-order valence-electron chi connectivity index (χ2n) is 3.51. The second kappa shape index (κ2) is 6.43. The molecule has 0 saturated heterocycles. The van der Waals surface area contributed by atoms with Crippen LogP contribution < -0.4 is 10.5 Å². The summed E-state index contributed by atoms with van der Waals surface area (Å²) < 4.78 is 5.34. The van der Waals surface area contributed by atoms with Gasteiger partial charge in [0.15, 0.2) is 0 Å². The van der Waals surface area contributed by atoms with E-state index in [4.69, 9.17) is 10.5 Å². The Bertz CT molecular complexity index is 271. The van der Waals surface area contributed by atoms with Crippen LogP contribution in [0.4, 0.5) is 0 Å². The zero-order valence-corrected chi connectivity index (χ0v) is 9.15. The SMILES string of the molecule is CCOc1ccc(CCC(O)CN)cc1. The van der Waals surface area contributed by atoms with Crippen LogP contribution in [0.3, 0.4) is 0 Å². The second-order valence-corrected chi connectivity index (χ2v) is 3.51. The summed E-state index contributed by atoms with van der Waals surface area (Å²) in [4.78, 5) is 0. The first-order valence-corrected chi connectivity index (χ1v) is 5.36. The molecule has 1 unspecified atom stereocenters. The predicted molar refractivity (Wildman–Crippen MR) is 61.0 cm³/mol. The lowest BCUT2D eigenvalue weighted by Crippen LogP contribution is -2.20. The third kappa shape index (κ3) is 4.32. The van der Waals surface area contributed by atoms with Crippen LogP contribution in [0.2, 0.25) is 0 Å². The number of benzene rings is 1. The molecule has 1 atom stereocenters. The maximum Gasteiger partial charge on any atom is 0.119 e. The lowest BCUT2D eigenvalue weighted by atomic mass is 10.1. The van der Waals surface area contributed by atoms with E-state index >= 15 is 0 Å². The number of aliphatic hydroxyl groups excluding tert-OH is 1. The van der Waals surface area contributed by atoms with Gasteiger partial charge in [-0.1, -0.05) is 12.1 Å². The molecule has 84 valence electrons. The lowest BCUT2D eigenvalue weighted by molar-refractivity contribution is 0.173. The summed E-state index contributed by atoms with van der Waals surface area (Å²) in [5.41, 5.74) is 6.53. The van der Waals surface area contributed by atoms with Gasteiger partial charge in [-0.3, -0.25) is 0 Å². The molecule has 0 amide bonds. The van der Waals surface area contributed by atoms with Gasteiger partial charge in [-0.2, -0.15) is 0 Å². The van der Waals surface area contributed by atoms with Gasteiger partial charge in [-0.05, 0) is 37.5 Å². The van der Waals surface area contributed by atoms with E-state index in [1.807, 2.05) is 31.2 Å². The zero-order valence-electron chi connectivity index (χ0n) is 9.15. The van der Waals surface area contributed by atoms with Gasteiger partial charge in [0.05, 0.1) is 12.7 Å². The van der Waals surface area contributed by atoms with Gasteiger partial charge >= 0.3 is 0 Å². The molecular formula is C12H19NO2. The first-order chi connectivity index (χ1) is 7.26. The van der Waals surface area contributed by atoms with Crippen molar-refractivity contribution < 1.29 is 9.84 Å². The van der Waals surface area contributed by atoms with Crippen molar-refractivity contribution in [3.63, 3.8) is 0 Å². The van der Waals surface area contributed by atoms with Gasteiger partial charge in [-0.15, -0.1) is 0 Å². The van der Waals surface area contributed by atoms with Crippen molar-refractivity contribution in [2.75, 3.05) is 13.2 Å². The fraction of sp³-hybridized carbons (Fsp3) is 0.500. The van der Waals surface area contributed by atoms with Crippen molar-refractivity contribution in [2.45, 2.75) is 25.9 Å². The fourth-order valence-electron chi connectivity index (χ4n) is 1.37. The van der Waals surface area contributed by atoms with Gasteiger partial charge in [0.2, 0.25) is 0 Å². The number of nitrogens with two attached hydrogens (primary N) is 1. The molecule has 0 aliphatic heterocycles. The van der Waals surface area contributed by atoms with Crippen LogP contribution in [0.1, 0.15) is 18.9 Å². The highest BCUT2D eigenvalue weighted by molar-refractivity contribution is 5.27. The van der Waals surface area contributed by atoms with E-state index in [0.29, 0.717) is 19.6 Å². The van der Waals surface area contributed by atoms with Crippen molar-refractivity contribution in [1.29, 1.82) is 0 Å². The predicted octanol–water partition coefficient (Wildman–Crippen LogP) is 1.34.